The van der Waals surface area contributed by atoms with Gasteiger partial charge in [-0.1, -0.05) is 18.2 Å². The minimum absolute atomic E-state index is 0.310. The van der Waals surface area contributed by atoms with E-state index in [9.17, 15) is 14.7 Å². The summed E-state index contributed by atoms with van der Waals surface area (Å²) >= 11 is 0. The number of carbonyl (C=O) groups excluding carboxylic acids is 2. The molecular formula is C20H21N2O4. The Morgan fingerprint density at radius 1 is 1.31 bits per heavy atom. The number of amides is 1. The van der Waals surface area contributed by atoms with Crippen LogP contribution in [0.2, 0.25) is 0 Å². The van der Waals surface area contributed by atoms with Crippen molar-refractivity contribution in [3.63, 3.8) is 0 Å². The highest BCUT2D eigenvalue weighted by molar-refractivity contribution is 6.10. The molecule has 1 aliphatic carbocycles. The summed E-state index contributed by atoms with van der Waals surface area (Å²) in [6, 6.07) is 7.32. The zero-order valence-electron chi connectivity index (χ0n) is 14.7. The van der Waals surface area contributed by atoms with Crippen LogP contribution in [0.15, 0.2) is 24.3 Å². The van der Waals surface area contributed by atoms with Crippen molar-refractivity contribution < 1.29 is 19.4 Å². The number of ether oxygens (including phenoxy) is 1. The fourth-order valence-electron chi connectivity index (χ4n) is 4.83. The number of aliphatic hydroxyl groups is 1. The maximum absolute atomic E-state index is 13.3. The largest absolute Gasteiger partial charge is 0.468 e. The van der Waals surface area contributed by atoms with Gasteiger partial charge >= 0.3 is 5.97 Å². The highest BCUT2D eigenvalue weighted by atomic mass is 16.5. The van der Waals surface area contributed by atoms with Crippen LogP contribution in [0.25, 0.3) is 0 Å². The Bertz CT molecular complexity index is 745. The second kappa shape index (κ2) is 6.06. The molecule has 1 aromatic carbocycles. The van der Waals surface area contributed by atoms with Gasteiger partial charge in [-0.25, -0.2) is 0 Å². The summed E-state index contributed by atoms with van der Waals surface area (Å²) in [7, 11) is 3.11. The first-order chi connectivity index (χ1) is 12.5. The van der Waals surface area contributed by atoms with Crippen molar-refractivity contribution in [2.75, 3.05) is 26.0 Å². The molecule has 26 heavy (non-hydrogen) atoms. The van der Waals surface area contributed by atoms with Crippen LogP contribution in [0.4, 0.5) is 5.69 Å². The number of aliphatic hydroxyl groups excluding tert-OH is 1. The summed E-state index contributed by atoms with van der Waals surface area (Å²) in [6.45, 7) is 0.481. The van der Waals surface area contributed by atoms with E-state index >= 15 is 0 Å². The number of methoxy groups -OCH3 is 1. The van der Waals surface area contributed by atoms with E-state index in [1.165, 1.54) is 7.11 Å². The van der Waals surface area contributed by atoms with E-state index in [2.05, 4.69) is 5.32 Å². The number of hydrogen-bond acceptors (Lipinski definition) is 5. The molecule has 0 aromatic heterocycles. The van der Waals surface area contributed by atoms with Crippen LogP contribution in [0, 0.1) is 37.0 Å². The molecule has 0 bridgehead atoms. The van der Waals surface area contributed by atoms with Gasteiger partial charge < -0.3 is 15.2 Å². The van der Waals surface area contributed by atoms with Crippen LogP contribution in [0.5, 0.6) is 0 Å². The Labute approximate surface area is 153 Å². The lowest BCUT2D eigenvalue weighted by Gasteiger charge is -2.46. The predicted octanol–water partition coefficient (Wildman–Crippen LogP) is 1.10. The molecule has 2 aliphatic heterocycles. The van der Waals surface area contributed by atoms with E-state index in [1.807, 2.05) is 36.2 Å². The number of nitrogens with one attached hydrogen (secondary N) is 1. The van der Waals surface area contributed by atoms with Gasteiger partial charge in [0.25, 0.3) is 5.91 Å². The molecule has 3 aliphatic rings. The van der Waals surface area contributed by atoms with Crippen molar-refractivity contribution in [3.05, 3.63) is 61.4 Å². The van der Waals surface area contributed by atoms with Crippen LogP contribution in [-0.2, 0) is 19.9 Å². The standard InChI is InChI=1S/C20H21N2O4/c1-22-12-11-19(18(25)26-2,16(23)13-7-3-4-8-13)20(22)14-9-5-6-10-15(14)21-17(20)24/h3-10,16,23H,11-12H2,1-2H3,(H,21,24). The molecule has 6 nitrogen and oxygen atoms in total. The lowest BCUT2D eigenvalue weighted by Crippen LogP contribution is -2.63. The second-order valence-corrected chi connectivity index (χ2v) is 6.97. The molecule has 1 spiro atoms. The molecular weight excluding hydrogens is 332 g/mol. The van der Waals surface area contributed by atoms with Gasteiger partial charge in [0.2, 0.25) is 0 Å². The lowest BCUT2D eigenvalue weighted by atomic mass is 9.60. The Morgan fingerprint density at radius 2 is 2.00 bits per heavy atom. The lowest BCUT2D eigenvalue weighted by molar-refractivity contribution is -0.172. The molecule has 1 amide bonds. The van der Waals surface area contributed by atoms with E-state index in [4.69, 9.17) is 4.74 Å². The zero-order valence-corrected chi connectivity index (χ0v) is 14.7. The van der Waals surface area contributed by atoms with E-state index in [-0.39, 0.29) is 5.91 Å². The number of anilines is 1. The third-order valence-corrected chi connectivity index (χ3v) is 5.97. The number of para-hydroxylation sites is 1. The van der Waals surface area contributed by atoms with Crippen molar-refractivity contribution >= 4 is 17.6 Å². The third kappa shape index (κ3) is 1.94. The number of carbonyl (C=O) groups is 2. The smallest absolute Gasteiger partial charge is 0.317 e. The monoisotopic (exact) mass is 353 g/mol. The highest BCUT2D eigenvalue weighted by Gasteiger charge is 2.74. The average Bonchev–Trinajstić information content (AvgIpc) is 3.35. The van der Waals surface area contributed by atoms with Crippen molar-refractivity contribution in [1.82, 2.24) is 4.90 Å². The summed E-state index contributed by atoms with van der Waals surface area (Å²) in [4.78, 5) is 28.3. The summed E-state index contributed by atoms with van der Waals surface area (Å²) in [5, 5.41) is 14.2. The molecule has 6 heteroatoms. The van der Waals surface area contributed by atoms with Gasteiger partial charge in [0.15, 0.2) is 0 Å². The molecule has 1 aromatic rings. The van der Waals surface area contributed by atoms with Crippen molar-refractivity contribution in [3.8, 4) is 0 Å². The van der Waals surface area contributed by atoms with E-state index in [1.54, 1.807) is 25.7 Å². The fourth-order valence-corrected chi connectivity index (χ4v) is 4.83. The number of benzene rings is 1. The molecule has 5 radical (unpaired) electrons. The minimum atomic E-state index is -1.44. The fraction of sp³-hybridized carbons (Fsp3) is 0.350. The summed E-state index contributed by atoms with van der Waals surface area (Å²) in [5.74, 6) is -0.292. The van der Waals surface area contributed by atoms with Crippen LogP contribution < -0.4 is 5.32 Å². The Balaban J connectivity index is 1.96. The highest BCUT2D eigenvalue weighted by Crippen LogP contribution is 2.60. The quantitative estimate of drug-likeness (QED) is 0.796. The minimum Gasteiger partial charge on any atom is -0.468 e. The first kappa shape index (κ1) is 17.5. The first-order valence-electron chi connectivity index (χ1n) is 8.60. The number of rotatable bonds is 3. The summed E-state index contributed by atoms with van der Waals surface area (Å²) < 4.78 is 5.15. The maximum Gasteiger partial charge on any atom is 0.317 e. The van der Waals surface area contributed by atoms with Crippen molar-refractivity contribution in [2.24, 2.45) is 5.41 Å². The van der Waals surface area contributed by atoms with Crippen LogP contribution in [-0.4, -0.2) is 48.7 Å². The summed E-state index contributed by atoms with van der Waals surface area (Å²) in [5.41, 5.74) is -1.41. The van der Waals surface area contributed by atoms with Gasteiger partial charge in [0.1, 0.15) is 11.0 Å². The normalized spacial score (nSPS) is 32.7. The van der Waals surface area contributed by atoms with Crippen LogP contribution >= 0.6 is 0 Å². The average molecular weight is 353 g/mol. The van der Waals surface area contributed by atoms with Gasteiger partial charge in [-0.05, 0) is 45.2 Å². The third-order valence-electron chi connectivity index (χ3n) is 5.97. The Morgan fingerprint density at radius 3 is 2.69 bits per heavy atom. The SMILES string of the molecule is COC(=O)C1(C(O)[C]2[CH][CH][CH][CH]2)CCN(C)C12C(=O)Nc1ccccc12. The number of hydrogen-bond donors (Lipinski definition) is 2. The van der Waals surface area contributed by atoms with Gasteiger partial charge in [0, 0.05) is 23.7 Å². The molecule has 2 fully saturated rings. The Kier molecular flexibility index (Phi) is 4.08. The van der Waals surface area contributed by atoms with E-state index in [0.717, 1.165) is 0 Å². The summed E-state index contributed by atoms with van der Waals surface area (Å²) in [6.07, 6.45) is 6.27. The van der Waals surface area contributed by atoms with E-state index in [0.29, 0.717) is 30.1 Å². The molecule has 4 rings (SSSR count). The maximum atomic E-state index is 13.3. The first-order valence-corrected chi connectivity index (χ1v) is 8.60. The van der Waals surface area contributed by atoms with E-state index < -0.39 is 23.0 Å². The zero-order chi connectivity index (χ0) is 18.5. The molecule has 3 atom stereocenters. The molecule has 3 unspecified atom stereocenters. The van der Waals surface area contributed by atoms with Gasteiger partial charge in [-0.15, -0.1) is 0 Å². The number of esters is 1. The van der Waals surface area contributed by atoms with Crippen LogP contribution in [0.1, 0.15) is 12.0 Å². The van der Waals surface area contributed by atoms with Gasteiger partial charge in [-0.3, -0.25) is 14.5 Å². The molecule has 1 saturated heterocycles. The number of nitrogens with zero attached hydrogens (tertiary/aromatic N) is 1. The number of likely N-dealkylation sites (N-methyl/N-ethyl adjacent to an activating group) is 1. The molecule has 2 heterocycles. The predicted molar refractivity (Wildman–Crippen MR) is 94.9 cm³/mol. The number of fused-ring (bicyclic) bond motifs is 2. The van der Waals surface area contributed by atoms with Crippen molar-refractivity contribution in [1.29, 1.82) is 0 Å². The van der Waals surface area contributed by atoms with Gasteiger partial charge in [0.05, 0.1) is 13.2 Å². The topological polar surface area (TPSA) is 78.9 Å². The number of likely N-dealkylation sites (tertiary alicyclic amines) is 1. The second-order valence-electron chi connectivity index (χ2n) is 6.97. The van der Waals surface area contributed by atoms with Crippen LogP contribution in [0.3, 0.4) is 0 Å². The molecule has 2 N–H and O–H groups in total. The molecule has 135 valence electrons. The van der Waals surface area contributed by atoms with Gasteiger partial charge in [-0.2, -0.15) is 0 Å². The Hall–Kier alpha value is -1.92. The molecule has 1 saturated carbocycles. The van der Waals surface area contributed by atoms with Crippen molar-refractivity contribution in [2.45, 2.75) is 18.1 Å².